The predicted octanol–water partition coefficient (Wildman–Crippen LogP) is 3.04. The number of likely N-dealkylation sites (tertiary alicyclic amines) is 1. The summed E-state index contributed by atoms with van der Waals surface area (Å²) in [7, 11) is 0. The molecule has 1 saturated carbocycles. The molecule has 0 bridgehead atoms. The Hall–Kier alpha value is -0.160. The minimum Gasteiger partial charge on any atom is -0.393 e. The lowest BCUT2D eigenvalue weighted by Gasteiger charge is -2.39. The monoisotopic (exact) mass is 328 g/mol. The largest absolute Gasteiger partial charge is 0.393 e. The summed E-state index contributed by atoms with van der Waals surface area (Å²) < 4.78 is 6.24. The number of nitrogens with one attached hydrogen (secondary N) is 1. The Morgan fingerprint density at radius 1 is 0.913 bits per heavy atom. The van der Waals surface area contributed by atoms with E-state index in [0.717, 1.165) is 31.8 Å². The van der Waals surface area contributed by atoms with Crippen molar-refractivity contribution in [2.24, 2.45) is 5.92 Å². The summed E-state index contributed by atoms with van der Waals surface area (Å²) in [6, 6.07) is 0. The van der Waals surface area contributed by atoms with Crippen molar-refractivity contribution in [1.82, 2.24) is 10.2 Å². The number of piperidine rings is 2. The lowest BCUT2D eigenvalue weighted by Crippen LogP contribution is -2.44. The molecule has 1 aliphatic carbocycles. The quantitative estimate of drug-likeness (QED) is 0.832. The van der Waals surface area contributed by atoms with Crippen molar-refractivity contribution in [2.45, 2.75) is 84.5 Å². The number of rotatable bonds is 4. The van der Waals surface area contributed by atoms with E-state index in [9.17, 15) is 5.11 Å². The van der Waals surface area contributed by atoms with Crippen LogP contribution in [0.4, 0.5) is 0 Å². The van der Waals surface area contributed by atoms with Crippen molar-refractivity contribution < 1.29 is 9.84 Å². The van der Waals surface area contributed by atoms with Gasteiger partial charge in [0.05, 0.1) is 18.3 Å². The smallest absolute Gasteiger partial charge is 0.0603 e. The van der Waals surface area contributed by atoms with Crippen LogP contribution in [-0.4, -0.2) is 61.0 Å². The van der Waals surface area contributed by atoms with E-state index in [1.54, 1.807) is 0 Å². The predicted molar refractivity (Wildman–Crippen MR) is 97.9 cm³/mol. The molecule has 2 aliphatic heterocycles. The minimum atomic E-state index is -0.00853. The maximum atomic E-state index is 9.33. The number of ether oxygens (including phenoxy) is 1. The number of aliphatic hydroxyl groups excluding tert-OH is 1. The van der Waals surface area contributed by atoms with Crippen molar-refractivity contribution in [1.29, 1.82) is 0 Å². The fourth-order valence-electron chi connectivity index (χ4n) is 3.65. The Morgan fingerprint density at radius 2 is 1.43 bits per heavy atom. The van der Waals surface area contributed by atoms with Gasteiger partial charge in [0.15, 0.2) is 0 Å². The van der Waals surface area contributed by atoms with E-state index in [4.69, 9.17) is 4.74 Å². The van der Waals surface area contributed by atoms with Crippen molar-refractivity contribution in [2.75, 3.05) is 32.7 Å². The molecular formula is C19H40N2O2. The molecule has 2 saturated heterocycles. The van der Waals surface area contributed by atoms with E-state index < -0.39 is 0 Å². The highest BCUT2D eigenvalue weighted by molar-refractivity contribution is 4.83. The molecule has 3 fully saturated rings. The zero-order chi connectivity index (χ0) is 17.1. The first kappa shape index (κ1) is 20.9. The molecule has 4 heteroatoms. The Balaban J connectivity index is 0.000000615. The van der Waals surface area contributed by atoms with Gasteiger partial charge in [0.2, 0.25) is 0 Å². The Labute approximate surface area is 144 Å². The topological polar surface area (TPSA) is 44.7 Å². The summed E-state index contributed by atoms with van der Waals surface area (Å²) in [6.07, 6.45) is 7.77. The molecule has 2 heterocycles. The highest BCUT2D eigenvalue weighted by Crippen LogP contribution is 2.29. The second-order valence-electron chi connectivity index (χ2n) is 6.58. The van der Waals surface area contributed by atoms with Gasteiger partial charge in [-0.2, -0.15) is 0 Å². The van der Waals surface area contributed by atoms with Crippen LogP contribution in [0.3, 0.4) is 0 Å². The third-order valence-electron chi connectivity index (χ3n) is 4.93. The van der Waals surface area contributed by atoms with Crippen LogP contribution in [0.1, 0.15) is 66.2 Å². The molecular weight excluding hydrogens is 288 g/mol. The second-order valence-corrected chi connectivity index (χ2v) is 6.58. The molecule has 138 valence electrons. The molecule has 4 nitrogen and oxygen atoms in total. The second kappa shape index (κ2) is 12.2. The van der Waals surface area contributed by atoms with E-state index in [1.165, 1.54) is 45.3 Å². The molecule has 0 unspecified atom stereocenters. The van der Waals surface area contributed by atoms with E-state index in [1.807, 2.05) is 27.7 Å². The Morgan fingerprint density at radius 3 is 1.96 bits per heavy atom. The fourth-order valence-corrected chi connectivity index (χ4v) is 3.65. The van der Waals surface area contributed by atoms with E-state index in [2.05, 4.69) is 10.2 Å². The van der Waals surface area contributed by atoms with E-state index in [0.29, 0.717) is 12.2 Å². The minimum absolute atomic E-state index is 0.00853. The van der Waals surface area contributed by atoms with Gasteiger partial charge in [0.1, 0.15) is 0 Å². The number of hydrogen-bond donors (Lipinski definition) is 2. The van der Waals surface area contributed by atoms with Crippen LogP contribution >= 0.6 is 0 Å². The van der Waals surface area contributed by atoms with Gasteiger partial charge in [0.25, 0.3) is 0 Å². The molecule has 2 N–H and O–H groups in total. The molecule has 23 heavy (non-hydrogen) atoms. The molecule has 0 aromatic rings. The molecule has 0 radical (unpaired) electrons. The van der Waals surface area contributed by atoms with Crippen LogP contribution in [0.2, 0.25) is 0 Å². The van der Waals surface area contributed by atoms with Crippen molar-refractivity contribution in [3.63, 3.8) is 0 Å². The van der Waals surface area contributed by atoms with Gasteiger partial charge in [-0.25, -0.2) is 0 Å². The summed E-state index contributed by atoms with van der Waals surface area (Å²) >= 11 is 0. The summed E-state index contributed by atoms with van der Waals surface area (Å²) in [5.74, 6) is 0.747. The molecule has 3 aliphatic rings. The third kappa shape index (κ3) is 7.51. The maximum Gasteiger partial charge on any atom is 0.0603 e. The summed E-state index contributed by atoms with van der Waals surface area (Å²) in [5, 5.41) is 12.7. The first-order valence-corrected chi connectivity index (χ1v) is 10.1. The maximum absolute atomic E-state index is 9.33. The van der Waals surface area contributed by atoms with E-state index >= 15 is 0 Å². The highest BCUT2D eigenvalue weighted by Gasteiger charge is 2.30. The molecule has 0 atom stereocenters. The molecule has 0 aromatic carbocycles. The van der Waals surface area contributed by atoms with Crippen molar-refractivity contribution in [3.8, 4) is 0 Å². The van der Waals surface area contributed by atoms with Crippen molar-refractivity contribution >= 4 is 0 Å². The highest BCUT2D eigenvalue weighted by atomic mass is 16.5. The van der Waals surface area contributed by atoms with Crippen LogP contribution in [0.5, 0.6) is 0 Å². The fraction of sp³-hybridized carbons (Fsp3) is 1.00. The average molecular weight is 329 g/mol. The first-order chi connectivity index (χ1) is 11.3. The normalized spacial score (nSPS) is 29.6. The average Bonchev–Trinajstić information content (AvgIpc) is 2.60. The molecule has 0 spiro atoms. The van der Waals surface area contributed by atoms with Crippen molar-refractivity contribution in [3.05, 3.63) is 0 Å². The number of aliphatic hydroxyl groups is 1. The Bertz CT molecular complexity index is 269. The lowest BCUT2D eigenvalue weighted by molar-refractivity contribution is -0.0586. The third-order valence-corrected chi connectivity index (χ3v) is 4.93. The van der Waals surface area contributed by atoms with Crippen LogP contribution in [0.25, 0.3) is 0 Å². The van der Waals surface area contributed by atoms with Gasteiger partial charge < -0.3 is 20.1 Å². The number of hydrogen-bond acceptors (Lipinski definition) is 4. The van der Waals surface area contributed by atoms with Crippen LogP contribution in [-0.2, 0) is 4.74 Å². The van der Waals surface area contributed by atoms with Gasteiger partial charge >= 0.3 is 0 Å². The standard InChI is InChI=1S/C15H28N2O2.2C2H6/c18-13-9-12(10-13)11-17-7-3-15(4-8-17)19-14-1-5-16-6-2-14;2*1-2/h12-16,18H,1-11H2;2*1-2H3. The summed E-state index contributed by atoms with van der Waals surface area (Å²) in [5.41, 5.74) is 0. The molecule has 0 amide bonds. The Kier molecular flexibility index (Phi) is 11.1. The summed E-state index contributed by atoms with van der Waals surface area (Å²) in [6.45, 7) is 13.8. The van der Waals surface area contributed by atoms with Gasteiger partial charge in [-0.05, 0) is 57.5 Å². The van der Waals surface area contributed by atoms with E-state index in [-0.39, 0.29) is 6.10 Å². The zero-order valence-electron chi connectivity index (χ0n) is 15.9. The SMILES string of the molecule is CC.CC.OC1CC(CN2CCC(OC3CCNCC3)CC2)C1. The van der Waals surface area contributed by atoms with Gasteiger partial charge in [-0.3, -0.25) is 0 Å². The van der Waals surface area contributed by atoms with Gasteiger partial charge in [0, 0.05) is 19.6 Å². The molecule has 3 rings (SSSR count). The van der Waals surface area contributed by atoms with Gasteiger partial charge in [-0.15, -0.1) is 0 Å². The van der Waals surface area contributed by atoms with Crippen LogP contribution in [0, 0.1) is 5.92 Å². The summed E-state index contributed by atoms with van der Waals surface area (Å²) in [4.78, 5) is 2.57. The molecule has 0 aromatic heterocycles. The first-order valence-electron chi connectivity index (χ1n) is 10.1. The zero-order valence-corrected chi connectivity index (χ0v) is 15.9. The van der Waals surface area contributed by atoms with Crippen LogP contribution in [0.15, 0.2) is 0 Å². The lowest BCUT2D eigenvalue weighted by atomic mass is 9.82. The van der Waals surface area contributed by atoms with Gasteiger partial charge in [-0.1, -0.05) is 27.7 Å². The number of nitrogens with zero attached hydrogens (tertiary/aromatic N) is 1. The van der Waals surface area contributed by atoms with Crippen LogP contribution < -0.4 is 5.32 Å².